The van der Waals surface area contributed by atoms with Gasteiger partial charge in [-0.15, -0.1) is 0 Å². The molecule has 0 aliphatic heterocycles. The second-order valence-corrected chi connectivity index (χ2v) is 4.41. The summed E-state index contributed by atoms with van der Waals surface area (Å²) in [6.07, 6.45) is -0.324. The van der Waals surface area contributed by atoms with Gasteiger partial charge in [0.25, 0.3) is 0 Å². The lowest BCUT2D eigenvalue weighted by atomic mass is 10.0. The van der Waals surface area contributed by atoms with Crippen LogP contribution in [0.1, 0.15) is 30.9 Å². The van der Waals surface area contributed by atoms with Gasteiger partial charge in [0.1, 0.15) is 12.4 Å². The van der Waals surface area contributed by atoms with Gasteiger partial charge in [0.2, 0.25) is 0 Å². The lowest BCUT2D eigenvalue weighted by Gasteiger charge is -2.18. The highest BCUT2D eigenvalue weighted by atomic mass is 16.7. The van der Waals surface area contributed by atoms with E-state index in [-0.39, 0.29) is 6.29 Å². The summed E-state index contributed by atoms with van der Waals surface area (Å²) >= 11 is 0. The van der Waals surface area contributed by atoms with Crippen LogP contribution in [0.15, 0.2) is 18.2 Å². The fourth-order valence-electron chi connectivity index (χ4n) is 1.63. The van der Waals surface area contributed by atoms with E-state index in [1.165, 1.54) is 11.1 Å². The molecule has 1 aromatic carbocycles. The highest BCUT2D eigenvalue weighted by Crippen LogP contribution is 2.27. The summed E-state index contributed by atoms with van der Waals surface area (Å²) < 4.78 is 16.0. The third-order valence-corrected chi connectivity index (χ3v) is 2.69. The summed E-state index contributed by atoms with van der Waals surface area (Å²) in [5, 5.41) is 0. The molecule has 0 spiro atoms. The maximum Gasteiger partial charge on any atom is 0.191 e. The third kappa shape index (κ3) is 4.02. The summed E-state index contributed by atoms with van der Waals surface area (Å²) in [6, 6.07) is 6.27. The molecule has 0 fully saturated rings. The van der Waals surface area contributed by atoms with Crippen molar-refractivity contribution in [1.82, 2.24) is 0 Å². The van der Waals surface area contributed by atoms with Crippen LogP contribution in [0.4, 0.5) is 0 Å². The lowest BCUT2D eigenvalue weighted by Crippen LogP contribution is -2.22. The summed E-state index contributed by atoms with van der Waals surface area (Å²) in [5.41, 5.74) is 2.40. The molecule has 0 saturated carbocycles. The van der Waals surface area contributed by atoms with E-state index in [1.807, 2.05) is 0 Å². The molecule has 3 nitrogen and oxygen atoms in total. The monoisotopic (exact) mass is 238 g/mol. The summed E-state index contributed by atoms with van der Waals surface area (Å²) in [4.78, 5) is 0. The van der Waals surface area contributed by atoms with Crippen molar-refractivity contribution in [3.8, 4) is 5.75 Å². The number of ether oxygens (including phenoxy) is 3. The number of methoxy groups -OCH3 is 2. The van der Waals surface area contributed by atoms with E-state index in [9.17, 15) is 0 Å². The highest BCUT2D eigenvalue weighted by molar-refractivity contribution is 5.39. The van der Waals surface area contributed by atoms with Crippen molar-refractivity contribution in [2.24, 2.45) is 0 Å². The molecule has 0 N–H and O–H groups in total. The van der Waals surface area contributed by atoms with E-state index in [0.717, 1.165) is 5.75 Å². The van der Waals surface area contributed by atoms with Gasteiger partial charge in [0.05, 0.1) is 0 Å². The van der Waals surface area contributed by atoms with Crippen LogP contribution < -0.4 is 4.74 Å². The second kappa shape index (κ2) is 6.62. The first-order valence-corrected chi connectivity index (χ1v) is 5.87. The van der Waals surface area contributed by atoms with Gasteiger partial charge in [-0.2, -0.15) is 0 Å². The van der Waals surface area contributed by atoms with Crippen LogP contribution in [0.2, 0.25) is 0 Å². The smallest absolute Gasteiger partial charge is 0.191 e. The van der Waals surface area contributed by atoms with E-state index in [2.05, 4.69) is 39.0 Å². The van der Waals surface area contributed by atoms with E-state index < -0.39 is 0 Å². The molecule has 0 aromatic heterocycles. The Hall–Kier alpha value is -1.06. The Kier molecular flexibility index (Phi) is 5.45. The van der Waals surface area contributed by atoms with Gasteiger partial charge in [-0.3, -0.25) is 0 Å². The zero-order valence-corrected chi connectivity index (χ0v) is 11.3. The fraction of sp³-hybridized carbons (Fsp3) is 0.571. The second-order valence-electron chi connectivity index (χ2n) is 4.41. The molecule has 1 rings (SSSR count). The SMILES string of the molecule is COC(COc1cc(C)ccc1C(C)C)OC. The van der Waals surface area contributed by atoms with Crippen LogP contribution in [-0.2, 0) is 9.47 Å². The first kappa shape index (κ1) is 14.0. The van der Waals surface area contributed by atoms with Gasteiger partial charge in [-0.25, -0.2) is 0 Å². The third-order valence-electron chi connectivity index (χ3n) is 2.69. The standard InChI is InChI=1S/C14H22O3/c1-10(2)12-7-6-11(3)8-13(12)17-9-14(15-4)16-5/h6-8,10,14H,9H2,1-5H3. The minimum atomic E-state index is -0.324. The number of hydrogen-bond donors (Lipinski definition) is 0. The van der Waals surface area contributed by atoms with Crippen molar-refractivity contribution >= 4 is 0 Å². The van der Waals surface area contributed by atoms with Crippen LogP contribution in [0.5, 0.6) is 5.75 Å². The zero-order valence-electron chi connectivity index (χ0n) is 11.3. The summed E-state index contributed by atoms with van der Waals surface area (Å²) in [6.45, 7) is 6.76. The Morgan fingerprint density at radius 3 is 2.29 bits per heavy atom. The highest BCUT2D eigenvalue weighted by Gasteiger charge is 2.11. The van der Waals surface area contributed by atoms with Crippen molar-refractivity contribution in [2.45, 2.75) is 33.0 Å². The molecular weight excluding hydrogens is 216 g/mol. The van der Waals surface area contributed by atoms with Crippen molar-refractivity contribution in [1.29, 1.82) is 0 Å². The first-order valence-electron chi connectivity index (χ1n) is 5.87. The van der Waals surface area contributed by atoms with Crippen molar-refractivity contribution in [3.63, 3.8) is 0 Å². The van der Waals surface area contributed by atoms with Crippen molar-refractivity contribution < 1.29 is 14.2 Å². The van der Waals surface area contributed by atoms with E-state index in [0.29, 0.717) is 12.5 Å². The summed E-state index contributed by atoms with van der Waals surface area (Å²) in [7, 11) is 3.22. The molecule has 0 aliphatic rings. The normalized spacial score (nSPS) is 11.2. The minimum Gasteiger partial charge on any atom is -0.488 e. The predicted molar refractivity (Wildman–Crippen MR) is 68.6 cm³/mol. The van der Waals surface area contributed by atoms with Crippen LogP contribution in [0, 0.1) is 6.92 Å². The molecular formula is C14H22O3. The Balaban J connectivity index is 2.78. The molecule has 0 unspecified atom stereocenters. The lowest BCUT2D eigenvalue weighted by molar-refractivity contribution is -0.122. The molecule has 0 radical (unpaired) electrons. The fourth-order valence-corrected chi connectivity index (χ4v) is 1.63. The maximum absolute atomic E-state index is 5.77. The number of aryl methyl sites for hydroxylation is 1. The van der Waals surface area contributed by atoms with Gasteiger partial charge < -0.3 is 14.2 Å². The molecule has 0 aliphatic carbocycles. The van der Waals surface area contributed by atoms with Crippen LogP contribution in [-0.4, -0.2) is 27.1 Å². The van der Waals surface area contributed by atoms with Crippen molar-refractivity contribution in [3.05, 3.63) is 29.3 Å². The molecule has 96 valence electrons. The van der Waals surface area contributed by atoms with Crippen LogP contribution in [0.3, 0.4) is 0 Å². The molecule has 0 heterocycles. The first-order chi connectivity index (χ1) is 8.08. The van der Waals surface area contributed by atoms with Gasteiger partial charge in [-0.1, -0.05) is 26.0 Å². The largest absolute Gasteiger partial charge is 0.488 e. The average molecular weight is 238 g/mol. The molecule has 0 saturated heterocycles. The Morgan fingerprint density at radius 2 is 1.76 bits per heavy atom. The Labute approximate surface area is 104 Å². The minimum absolute atomic E-state index is 0.324. The van der Waals surface area contributed by atoms with E-state index in [4.69, 9.17) is 14.2 Å². The number of rotatable bonds is 6. The molecule has 17 heavy (non-hydrogen) atoms. The summed E-state index contributed by atoms with van der Waals surface area (Å²) in [5.74, 6) is 1.35. The topological polar surface area (TPSA) is 27.7 Å². The van der Waals surface area contributed by atoms with Gasteiger partial charge in [0, 0.05) is 14.2 Å². The predicted octanol–water partition coefficient (Wildman–Crippen LogP) is 3.12. The van der Waals surface area contributed by atoms with Crippen LogP contribution >= 0.6 is 0 Å². The molecule has 3 heteroatoms. The average Bonchev–Trinajstić information content (AvgIpc) is 2.30. The van der Waals surface area contributed by atoms with Gasteiger partial charge >= 0.3 is 0 Å². The molecule has 0 atom stereocenters. The van der Waals surface area contributed by atoms with E-state index in [1.54, 1.807) is 14.2 Å². The maximum atomic E-state index is 5.77. The van der Waals surface area contributed by atoms with E-state index >= 15 is 0 Å². The molecule has 1 aromatic rings. The Bertz CT molecular complexity index is 343. The quantitative estimate of drug-likeness (QED) is 0.713. The zero-order chi connectivity index (χ0) is 12.8. The Morgan fingerprint density at radius 1 is 1.12 bits per heavy atom. The van der Waals surface area contributed by atoms with Crippen LogP contribution in [0.25, 0.3) is 0 Å². The molecule has 0 amide bonds. The van der Waals surface area contributed by atoms with Gasteiger partial charge in [-0.05, 0) is 30.0 Å². The molecule has 0 bridgehead atoms. The number of benzene rings is 1. The number of hydrogen-bond acceptors (Lipinski definition) is 3. The van der Waals surface area contributed by atoms with Crippen molar-refractivity contribution in [2.75, 3.05) is 20.8 Å². The van der Waals surface area contributed by atoms with Gasteiger partial charge in [0.15, 0.2) is 6.29 Å².